The Kier molecular flexibility index (Phi) is 12.1. The number of carbonyl (C=O) groups is 2. The molecule has 1 N–H and O–H groups in total. The van der Waals surface area contributed by atoms with Gasteiger partial charge in [-0.25, -0.2) is 8.42 Å². The molecule has 3 aromatic carbocycles. The van der Waals surface area contributed by atoms with Crippen LogP contribution in [0.15, 0.2) is 66.7 Å². The highest BCUT2D eigenvalue weighted by Crippen LogP contribution is 2.31. The third kappa shape index (κ3) is 9.11. The molecule has 11 heteroatoms. The Morgan fingerprint density at radius 2 is 1.69 bits per heavy atom. The maximum Gasteiger partial charge on any atom is 0.244 e. The molecule has 3 rings (SSSR count). The summed E-state index contributed by atoms with van der Waals surface area (Å²) in [5.74, 6) is -0.602. The summed E-state index contributed by atoms with van der Waals surface area (Å²) in [6.45, 7) is 3.74. The van der Waals surface area contributed by atoms with Crippen LogP contribution in [0.25, 0.3) is 0 Å². The van der Waals surface area contributed by atoms with Crippen molar-refractivity contribution in [1.29, 1.82) is 0 Å². The number of ether oxygens (including phenoxy) is 1. The number of nitrogens with one attached hydrogen (secondary N) is 1. The molecular formula is C31H37Cl2N3O5S. The van der Waals surface area contributed by atoms with E-state index in [4.69, 9.17) is 27.9 Å². The number of hydrogen-bond acceptors (Lipinski definition) is 5. The second-order valence-corrected chi connectivity index (χ2v) is 12.8. The van der Waals surface area contributed by atoms with Gasteiger partial charge < -0.3 is 15.0 Å². The molecule has 8 nitrogen and oxygen atoms in total. The molecule has 0 bridgehead atoms. The van der Waals surface area contributed by atoms with Crippen LogP contribution < -0.4 is 14.4 Å². The number of methoxy groups -OCH3 is 1. The SMILES string of the molecule is CCCCNC(=O)[C@@H](Cc1ccccc1)N(Cc1ccc(Cl)c(Cl)c1)C(=O)CN(c1cc(C)ccc1OC)S(C)(=O)=O. The summed E-state index contributed by atoms with van der Waals surface area (Å²) in [6.07, 6.45) is 2.92. The number of sulfonamides is 1. The van der Waals surface area contributed by atoms with Crippen LogP contribution >= 0.6 is 23.2 Å². The molecule has 0 fully saturated rings. The van der Waals surface area contributed by atoms with Gasteiger partial charge in [0.05, 0.1) is 29.1 Å². The molecule has 0 aliphatic carbocycles. The third-order valence-corrected chi connectivity index (χ3v) is 8.59. The van der Waals surface area contributed by atoms with E-state index in [1.807, 2.05) is 44.2 Å². The first-order chi connectivity index (χ1) is 19.9. The van der Waals surface area contributed by atoms with Crippen molar-refractivity contribution in [2.45, 2.75) is 45.7 Å². The molecule has 226 valence electrons. The molecular weight excluding hydrogens is 597 g/mol. The van der Waals surface area contributed by atoms with Crippen molar-refractivity contribution >= 4 is 50.7 Å². The van der Waals surface area contributed by atoms with E-state index in [1.54, 1.807) is 36.4 Å². The minimum Gasteiger partial charge on any atom is -0.495 e. The van der Waals surface area contributed by atoms with Crippen LogP contribution in [0, 0.1) is 6.92 Å². The van der Waals surface area contributed by atoms with E-state index in [-0.39, 0.29) is 24.6 Å². The summed E-state index contributed by atoms with van der Waals surface area (Å²) in [5.41, 5.74) is 2.50. The number of benzene rings is 3. The van der Waals surface area contributed by atoms with Gasteiger partial charge in [0.15, 0.2) is 0 Å². The first-order valence-electron chi connectivity index (χ1n) is 13.6. The fourth-order valence-corrected chi connectivity index (χ4v) is 5.65. The van der Waals surface area contributed by atoms with E-state index >= 15 is 0 Å². The molecule has 0 aromatic heterocycles. The molecule has 2 amide bonds. The molecule has 42 heavy (non-hydrogen) atoms. The van der Waals surface area contributed by atoms with Crippen molar-refractivity contribution in [1.82, 2.24) is 10.2 Å². The highest BCUT2D eigenvalue weighted by atomic mass is 35.5. The Balaban J connectivity index is 2.10. The lowest BCUT2D eigenvalue weighted by atomic mass is 10.0. The van der Waals surface area contributed by atoms with Crippen LogP contribution in [0.4, 0.5) is 5.69 Å². The molecule has 1 atom stereocenters. The van der Waals surface area contributed by atoms with Gasteiger partial charge in [-0.1, -0.05) is 79.0 Å². The molecule has 0 aliphatic rings. The lowest BCUT2D eigenvalue weighted by Crippen LogP contribution is -2.53. The third-order valence-electron chi connectivity index (χ3n) is 6.72. The van der Waals surface area contributed by atoms with Gasteiger partial charge in [-0.05, 0) is 54.3 Å². The summed E-state index contributed by atoms with van der Waals surface area (Å²) in [6, 6.07) is 18.5. The highest BCUT2D eigenvalue weighted by molar-refractivity contribution is 7.92. The molecule has 0 saturated carbocycles. The Bertz CT molecular complexity index is 1490. The molecule has 0 saturated heterocycles. The Morgan fingerprint density at radius 3 is 2.31 bits per heavy atom. The normalized spacial score (nSPS) is 12.0. The minimum absolute atomic E-state index is 0.00300. The second kappa shape index (κ2) is 15.3. The first kappa shape index (κ1) is 33.2. The summed E-state index contributed by atoms with van der Waals surface area (Å²) in [7, 11) is -2.50. The van der Waals surface area contributed by atoms with Crippen LogP contribution in [0.3, 0.4) is 0 Å². The van der Waals surface area contributed by atoms with Crippen molar-refractivity contribution in [2.75, 3.05) is 30.8 Å². The lowest BCUT2D eigenvalue weighted by molar-refractivity contribution is -0.140. The largest absolute Gasteiger partial charge is 0.495 e. The van der Waals surface area contributed by atoms with Gasteiger partial charge >= 0.3 is 0 Å². The zero-order chi connectivity index (χ0) is 30.9. The number of rotatable bonds is 14. The average molecular weight is 635 g/mol. The predicted molar refractivity (Wildman–Crippen MR) is 169 cm³/mol. The number of nitrogens with zero attached hydrogens (tertiary/aromatic N) is 2. The highest BCUT2D eigenvalue weighted by Gasteiger charge is 2.33. The Hall–Kier alpha value is -3.27. The smallest absolute Gasteiger partial charge is 0.244 e. The minimum atomic E-state index is -3.94. The summed E-state index contributed by atoms with van der Waals surface area (Å²) < 4.78 is 32.6. The molecule has 0 radical (unpaired) electrons. The summed E-state index contributed by atoms with van der Waals surface area (Å²) >= 11 is 12.4. The van der Waals surface area contributed by atoms with Crippen LogP contribution in [-0.4, -0.2) is 57.6 Å². The average Bonchev–Trinajstić information content (AvgIpc) is 2.95. The topological polar surface area (TPSA) is 96.0 Å². The van der Waals surface area contributed by atoms with Crippen LogP contribution in [-0.2, 0) is 32.6 Å². The monoisotopic (exact) mass is 633 g/mol. The molecule has 0 spiro atoms. The van der Waals surface area contributed by atoms with Gasteiger partial charge in [0.1, 0.15) is 18.3 Å². The van der Waals surface area contributed by atoms with Crippen molar-refractivity contribution in [3.8, 4) is 5.75 Å². The number of carbonyl (C=O) groups excluding carboxylic acids is 2. The maximum absolute atomic E-state index is 14.2. The van der Waals surface area contributed by atoms with E-state index in [9.17, 15) is 18.0 Å². The zero-order valence-electron chi connectivity index (χ0n) is 24.3. The molecule has 0 unspecified atom stereocenters. The van der Waals surface area contributed by atoms with Gasteiger partial charge in [0.2, 0.25) is 21.8 Å². The lowest BCUT2D eigenvalue weighted by Gasteiger charge is -2.34. The molecule has 0 heterocycles. The van der Waals surface area contributed by atoms with E-state index in [2.05, 4.69) is 5.32 Å². The number of hydrogen-bond donors (Lipinski definition) is 1. The van der Waals surface area contributed by atoms with Crippen molar-refractivity contribution in [3.63, 3.8) is 0 Å². The predicted octanol–water partition coefficient (Wildman–Crippen LogP) is 5.63. The van der Waals surface area contributed by atoms with E-state index in [0.29, 0.717) is 27.9 Å². The fraction of sp³-hybridized carbons (Fsp3) is 0.355. The number of halogens is 2. The summed E-state index contributed by atoms with van der Waals surface area (Å²) in [4.78, 5) is 29.3. The maximum atomic E-state index is 14.2. The molecule has 0 aliphatic heterocycles. The Morgan fingerprint density at radius 1 is 0.976 bits per heavy atom. The second-order valence-electron chi connectivity index (χ2n) is 10.1. The van der Waals surface area contributed by atoms with Gasteiger partial charge in [0.25, 0.3) is 0 Å². The van der Waals surface area contributed by atoms with Crippen LogP contribution in [0.2, 0.25) is 10.0 Å². The zero-order valence-corrected chi connectivity index (χ0v) is 26.6. The number of amides is 2. The van der Waals surface area contributed by atoms with Gasteiger partial charge in [0, 0.05) is 19.5 Å². The van der Waals surface area contributed by atoms with Crippen molar-refractivity contribution in [3.05, 3.63) is 93.5 Å². The van der Waals surface area contributed by atoms with Crippen molar-refractivity contribution in [2.24, 2.45) is 0 Å². The van der Waals surface area contributed by atoms with Crippen LogP contribution in [0.1, 0.15) is 36.5 Å². The Labute approximate surface area is 258 Å². The van der Waals surface area contributed by atoms with Crippen LogP contribution in [0.5, 0.6) is 5.75 Å². The van der Waals surface area contributed by atoms with E-state index in [1.165, 1.54) is 12.0 Å². The van der Waals surface area contributed by atoms with Crippen molar-refractivity contribution < 1.29 is 22.7 Å². The van der Waals surface area contributed by atoms with Gasteiger partial charge in [-0.2, -0.15) is 0 Å². The number of anilines is 1. The fourth-order valence-electron chi connectivity index (χ4n) is 4.48. The van der Waals surface area contributed by atoms with Gasteiger partial charge in [-0.3, -0.25) is 13.9 Å². The van der Waals surface area contributed by atoms with E-state index < -0.39 is 28.5 Å². The number of aryl methyl sites for hydroxylation is 1. The standard InChI is InChI=1S/C31H37Cl2N3O5S/c1-5-6-16-34-31(38)28(19-23-10-8-7-9-11-23)35(20-24-13-14-25(32)26(33)18-24)30(37)21-36(42(4,39)40)27-17-22(2)12-15-29(27)41-3/h7-15,17-18,28H,5-6,16,19-21H2,1-4H3,(H,34,38)/t28-/m1/s1. The quantitative estimate of drug-likeness (QED) is 0.232. The van der Waals surface area contributed by atoms with E-state index in [0.717, 1.165) is 34.5 Å². The van der Waals surface area contributed by atoms with Gasteiger partial charge in [-0.15, -0.1) is 0 Å². The summed E-state index contributed by atoms with van der Waals surface area (Å²) in [5, 5.41) is 3.61. The first-order valence-corrected chi connectivity index (χ1v) is 16.2. The molecule has 3 aromatic rings. The number of unbranched alkanes of at least 4 members (excludes halogenated alkanes) is 1.